The number of rotatable bonds is 11. The molecule has 0 bridgehead atoms. The number of imide groups is 1. The number of fused-ring (bicyclic) bond motifs is 2. The van der Waals surface area contributed by atoms with Gasteiger partial charge in [-0.05, 0) is 111 Å². The van der Waals surface area contributed by atoms with Crippen LogP contribution in [0, 0.1) is 5.92 Å². The number of carbonyl (C=O) groups is 2. The zero-order valence-corrected chi connectivity index (χ0v) is 36.3. The first-order valence-electron chi connectivity index (χ1n) is 23.0. The van der Waals surface area contributed by atoms with Crippen LogP contribution in [-0.4, -0.2) is 99.1 Å². The maximum Gasteiger partial charge on any atom is 0.278 e. The number of ether oxygens (including phenoxy) is 1. The number of aromatic nitrogens is 5. The van der Waals surface area contributed by atoms with Gasteiger partial charge in [-0.2, -0.15) is 4.98 Å². The van der Waals surface area contributed by atoms with Gasteiger partial charge in [0.15, 0.2) is 11.5 Å². The fourth-order valence-electron chi connectivity index (χ4n) is 10.7. The normalized spacial score (nSPS) is 21.8. The Morgan fingerprint density at radius 3 is 2.51 bits per heavy atom. The molecule has 2 amide bonds. The topological polar surface area (TPSA) is 143 Å². The summed E-state index contributed by atoms with van der Waals surface area (Å²) in [6, 6.07) is 20.9. The Morgan fingerprint density at radius 1 is 0.905 bits per heavy atom. The van der Waals surface area contributed by atoms with Crippen LogP contribution in [0.1, 0.15) is 86.9 Å². The van der Waals surface area contributed by atoms with Gasteiger partial charge >= 0.3 is 0 Å². The van der Waals surface area contributed by atoms with Crippen molar-refractivity contribution in [2.24, 2.45) is 5.92 Å². The molecular formula is C49H58N10O4. The molecule has 14 nitrogen and oxygen atoms in total. The van der Waals surface area contributed by atoms with E-state index in [-0.39, 0.29) is 28.9 Å². The average Bonchev–Trinajstić information content (AvgIpc) is 3.84. The molecule has 10 rings (SSSR count). The van der Waals surface area contributed by atoms with Gasteiger partial charge in [-0.15, -0.1) is 6.58 Å². The van der Waals surface area contributed by atoms with Crippen LogP contribution in [0.15, 0.2) is 84.3 Å². The van der Waals surface area contributed by atoms with Crippen LogP contribution in [0.5, 0.6) is 0 Å². The van der Waals surface area contributed by atoms with Gasteiger partial charge in [-0.1, -0.05) is 31.2 Å². The molecule has 3 aromatic heterocycles. The van der Waals surface area contributed by atoms with Crippen LogP contribution >= 0.6 is 0 Å². The number of hydrogen-bond donors (Lipinski definition) is 2. The second-order valence-corrected chi connectivity index (χ2v) is 18.2. The highest BCUT2D eigenvalue weighted by Crippen LogP contribution is 2.37. The zero-order chi connectivity index (χ0) is 43.1. The minimum Gasteiger partial charge on any atom is -0.372 e. The number of likely N-dealkylation sites (tertiary alicyclic amines) is 1. The van der Waals surface area contributed by atoms with Crippen LogP contribution < -0.4 is 26.0 Å². The number of benzene rings is 2. The molecule has 1 aliphatic carbocycles. The zero-order valence-electron chi connectivity index (χ0n) is 36.3. The fraction of sp³-hybridized carbons (Fsp3) is 0.469. The van der Waals surface area contributed by atoms with Crippen molar-refractivity contribution in [2.45, 2.75) is 88.7 Å². The third-order valence-corrected chi connectivity index (χ3v) is 14.3. The maximum atomic E-state index is 13.6. The van der Waals surface area contributed by atoms with E-state index in [2.05, 4.69) is 86.3 Å². The SMILES string of the molecule is C=CCn1c(=O)c2cnc(Nc3ccc(N4CCC(CN5CCC6(CC5)CN(c5cccc(C7CCC(=O)NC7=O)c5)CCO6)CC4)cc3)nc2n1-c1ccc2c(n1)C(CC)CC2. The molecule has 63 heavy (non-hydrogen) atoms. The van der Waals surface area contributed by atoms with E-state index in [1.54, 1.807) is 17.0 Å². The number of piperidine rings is 3. The van der Waals surface area contributed by atoms with Gasteiger partial charge in [0.1, 0.15) is 5.39 Å². The number of anilines is 4. The van der Waals surface area contributed by atoms with Gasteiger partial charge in [0.25, 0.3) is 5.56 Å². The van der Waals surface area contributed by atoms with Crippen LogP contribution in [0.4, 0.5) is 23.0 Å². The monoisotopic (exact) mass is 850 g/mol. The molecule has 4 saturated heterocycles. The number of aryl methyl sites for hydroxylation is 1. The smallest absolute Gasteiger partial charge is 0.278 e. The van der Waals surface area contributed by atoms with Crippen molar-refractivity contribution in [2.75, 3.05) is 67.5 Å². The van der Waals surface area contributed by atoms with E-state index in [4.69, 9.17) is 14.7 Å². The van der Waals surface area contributed by atoms with E-state index in [9.17, 15) is 14.4 Å². The molecule has 14 heteroatoms. The Bertz CT molecular complexity index is 2570. The highest BCUT2D eigenvalue weighted by Gasteiger charge is 2.40. The van der Waals surface area contributed by atoms with Crippen molar-refractivity contribution in [1.82, 2.24) is 34.5 Å². The molecule has 5 aromatic rings. The number of allylic oxidation sites excluding steroid dienone is 1. The molecule has 2 atom stereocenters. The molecule has 0 radical (unpaired) electrons. The summed E-state index contributed by atoms with van der Waals surface area (Å²) >= 11 is 0. The van der Waals surface area contributed by atoms with Gasteiger partial charge in [-0.3, -0.25) is 19.7 Å². The molecule has 7 heterocycles. The first-order chi connectivity index (χ1) is 30.8. The summed E-state index contributed by atoms with van der Waals surface area (Å²) in [7, 11) is 0. The number of carbonyl (C=O) groups excluding carboxylic acids is 2. The number of nitrogens with one attached hydrogen (secondary N) is 2. The number of pyridine rings is 1. The predicted molar refractivity (Wildman–Crippen MR) is 245 cm³/mol. The summed E-state index contributed by atoms with van der Waals surface area (Å²) in [5.74, 6) is 1.54. The number of morpholine rings is 1. The van der Waals surface area contributed by atoms with Crippen molar-refractivity contribution < 1.29 is 14.3 Å². The Hall–Kier alpha value is -5.86. The van der Waals surface area contributed by atoms with E-state index >= 15 is 0 Å². The van der Waals surface area contributed by atoms with Gasteiger partial charge in [-0.25, -0.2) is 19.3 Å². The molecule has 2 aromatic carbocycles. The Morgan fingerprint density at radius 2 is 1.73 bits per heavy atom. The molecule has 328 valence electrons. The molecule has 5 aliphatic rings. The van der Waals surface area contributed by atoms with Crippen LogP contribution in [0.3, 0.4) is 0 Å². The first kappa shape index (κ1) is 41.2. The number of nitrogens with zero attached hydrogens (tertiary/aromatic N) is 8. The van der Waals surface area contributed by atoms with Crippen LogP contribution in [-0.2, 0) is 27.3 Å². The van der Waals surface area contributed by atoms with Crippen LogP contribution in [0.2, 0.25) is 0 Å². The molecular weight excluding hydrogens is 793 g/mol. The Kier molecular flexibility index (Phi) is 11.3. The van der Waals surface area contributed by atoms with Crippen molar-refractivity contribution in [3.63, 3.8) is 0 Å². The minimum absolute atomic E-state index is 0.152. The van der Waals surface area contributed by atoms with Gasteiger partial charge in [0, 0.05) is 87.1 Å². The molecule has 1 spiro atoms. The largest absolute Gasteiger partial charge is 0.372 e. The average molecular weight is 851 g/mol. The Labute approximate surface area is 368 Å². The summed E-state index contributed by atoms with van der Waals surface area (Å²) < 4.78 is 10.00. The predicted octanol–water partition coefficient (Wildman–Crippen LogP) is 6.45. The lowest BCUT2D eigenvalue weighted by Crippen LogP contribution is -2.57. The molecule has 4 aliphatic heterocycles. The highest BCUT2D eigenvalue weighted by atomic mass is 16.5. The van der Waals surface area contributed by atoms with Gasteiger partial charge < -0.3 is 24.8 Å². The molecule has 2 N–H and O–H groups in total. The van der Waals surface area contributed by atoms with Crippen molar-refractivity contribution in [3.05, 3.63) is 107 Å². The van der Waals surface area contributed by atoms with Gasteiger partial charge in [0.2, 0.25) is 17.8 Å². The summed E-state index contributed by atoms with van der Waals surface area (Å²) in [4.78, 5) is 59.9. The third-order valence-electron chi connectivity index (χ3n) is 14.3. The van der Waals surface area contributed by atoms with Crippen molar-refractivity contribution in [3.8, 4) is 5.82 Å². The quantitative estimate of drug-likeness (QED) is 0.112. The number of amides is 2. The first-order valence-corrected chi connectivity index (χ1v) is 23.0. The highest BCUT2D eigenvalue weighted by molar-refractivity contribution is 6.01. The van der Waals surface area contributed by atoms with E-state index in [0.717, 1.165) is 113 Å². The standard InChI is InChI=1S/C49H58N10O4/c1-3-22-58-47(62)41-30-50-48(54-45(41)59(58)42-16-10-35-9-8-34(4-2)44(35)52-42)51-37-11-13-38(14-12-37)56-23-18-33(19-24-56)31-55-25-20-49(21-26-55)32-57(27-28-63-49)39-7-5-6-36(29-39)40-15-17-43(60)53-46(40)61/h3,5-7,10-14,16,29-30,33-34,40H,1,4,8-9,15,17-28,31-32H2,2H3,(H,50,51,54)(H,53,60,61). The van der Waals surface area contributed by atoms with E-state index in [1.165, 1.54) is 11.3 Å². The summed E-state index contributed by atoms with van der Waals surface area (Å²) in [6.07, 6.45) is 11.8. The molecule has 2 unspecified atom stereocenters. The van der Waals surface area contributed by atoms with E-state index in [0.29, 0.717) is 60.6 Å². The summed E-state index contributed by atoms with van der Waals surface area (Å²) in [5.41, 5.74) is 6.80. The van der Waals surface area contributed by atoms with Crippen LogP contribution in [0.25, 0.3) is 16.9 Å². The summed E-state index contributed by atoms with van der Waals surface area (Å²) in [6.45, 7) is 14.1. The fourth-order valence-corrected chi connectivity index (χ4v) is 10.7. The maximum absolute atomic E-state index is 13.6. The van der Waals surface area contributed by atoms with Crippen molar-refractivity contribution in [1.29, 1.82) is 0 Å². The molecule has 4 fully saturated rings. The lowest BCUT2D eigenvalue weighted by atomic mass is 9.87. The molecule has 0 saturated carbocycles. The van der Waals surface area contributed by atoms with E-state index < -0.39 is 0 Å². The summed E-state index contributed by atoms with van der Waals surface area (Å²) in [5, 5.41) is 6.33. The van der Waals surface area contributed by atoms with E-state index in [1.807, 2.05) is 22.9 Å². The second-order valence-electron chi connectivity index (χ2n) is 18.2. The third kappa shape index (κ3) is 8.26. The lowest BCUT2D eigenvalue weighted by molar-refractivity contribution is -0.134. The minimum atomic E-state index is -0.279. The number of hydrogen-bond acceptors (Lipinski definition) is 11. The van der Waals surface area contributed by atoms with Gasteiger partial charge in [0.05, 0.1) is 24.7 Å². The van der Waals surface area contributed by atoms with Crippen molar-refractivity contribution >= 4 is 45.9 Å². The second kappa shape index (κ2) is 17.4. The lowest BCUT2D eigenvalue weighted by Gasteiger charge is -2.48. The Balaban J connectivity index is 0.729.